The number of likely N-dealkylation sites (tertiary alicyclic amines) is 1. The third-order valence-corrected chi connectivity index (χ3v) is 3.67. The lowest BCUT2D eigenvalue weighted by Gasteiger charge is -2.32. The number of aliphatic carboxylic acids is 1. The molecule has 2 amide bonds. The van der Waals surface area contributed by atoms with E-state index in [9.17, 15) is 9.59 Å². The van der Waals surface area contributed by atoms with Crippen LogP contribution >= 0.6 is 0 Å². The summed E-state index contributed by atoms with van der Waals surface area (Å²) in [7, 11) is 0. The van der Waals surface area contributed by atoms with E-state index in [-0.39, 0.29) is 25.1 Å². The second-order valence-electron chi connectivity index (χ2n) is 5.49. The SMILES string of the molecule is Cc1ccc(OC2CCN(C(=O)NCCC(=O)O)CC2)cc1. The zero-order valence-electron chi connectivity index (χ0n) is 12.7. The van der Waals surface area contributed by atoms with Crippen molar-refractivity contribution in [1.29, 1.82) is 0 Å². The van der Waals surface area contributed by atoms with Gasteiger partial charge in [-0.2, -0.15) is 0 Å². The molecule has 22 heavy (non-hydrogen) atoms. The molecular formula is C16H22N2O4. The molecule has 0 saturated carbocycles. The molecule has 0 aliphatic carbocycles. The lowest BCUT2D eigenvalue weighted by atomic mass is 10.1. The molecule has 2 N–H and O–H groups in total. The second kappa shape index (κ2) is 7.68. The summed E-state index contributed by atoms with van der Waals surface area (Å²) in [6, 6.07) is 7.75. The van der Waals surface area contributed by atoms with Crippen molar-refractivity contribution in [3.05, 3.63) is 29.8 Å². The number of hydrogen-bond acceptors (Lipinski definition) is 3. The van der Waals surface area contributed by atoms with Gasteiger partial charge in [0.05, 0.1) is 6.42 Å². The molecule has 0 unspecified atom stereocenters. The van der Waals surface area contributed by atoms with E-state index in [2.05, 4.69) is 5.32 Å². The molecule has 120 valence electrons. The summed E-state index contributed by atoms with van der Waals surface area (Å²) in [5, 5.41) is 11.2. The number of carbonyl (C=O) groups is 2. The average molecular weight is 306 g/mol. The van der Waals surface area contributed by atoms with Crippen LogP contribution < -0.4 is 10.1 Å². The highest BCUT2D eigenvalue weighted by atomic mass is 16.5. The Kier molecular flexibility index (Phi) is 5.63. The Morgan fingerprint density at radius 1 is 1.27 bits per heavy atom. The number of nitrogens with one attached hydrogen (secondary N) is 1. The third kappa shape index (κ3) is 4.95. The number of hydrogen-bond donors (Lipinski definition) is 2. The Morgan fingerprint density at radius 3 is 2.50 bits per heavy atom. The molecule has 6 heteroatoms. The fourth-order valence-electron chi connectivity index (χ4n) is 2.37. The van der Waals surface area contributed by atoms with E-state index >= 15 is 0 Å². The number of benzene rings is 1. The highest BCUT2D eigenvalue weighted by Crippen LogP contribution is 2.19. The molecule has 1 heterocycles. The Hall–Kier alpha value is -2.24. The van der Waals surface area contributed by atoms with Crippen LogP contribution in [0.25, 0.3) is 0 Å². The van der Waals surface area contributed by atoms with E-state index < -0.39 is 5.97 Å². The number of piperidine rings is 1. The van der Waals surface area contributed by atoms with Gasteiger partial charge in [-0.3, -0.25) is 4.79 Å². The Balaban J connectivity index is 1.72. The van der Waals surface area contributed by atoms with Crippen molar-refractivity contribution in [3.8, 4) is 5.75 Å². The molecule has 6 nitrogen and oxygen atoms in total. The molecule has 0 aromatic heterocycles. The standard InChI is InChI=1S/C16H22N2O4/c1-12-2-4-13(5-3-12)22-14-7-10-18(11-8-14)16(21)17-9-6-15(19)20/h2-5,14H,6-11H2,1H3,(H,17,21)(H,19,20). The van der Waals surface area contributed by atoms with Crippen LogP contribution in [-0.2, 0) is 4.79 Å². The van der Waals surface area contributed by atoms with Crippen molar-refractivity contribution in [3.63, 3.8) is 0 Å². The highest BCUT2D eigenvalue weighted by molar-refractivity contribution is 5.75. The van der Waals surface area contributed by atoms with Gasteiger partial charge in [0, 0.05) is 32.5 Å². The molecule has 0 spiro atoms. The minimum absolute atomic E-state index is 0.0568. The normalized spacial score (nSPS) is 15.4. The van der Waals surface area contributed by atoms with E-state index in [0.29, 0.717) is 13.1 Å². The fourth-order valence-corrected chi connectivity index (χ4v) is 2.37. The van der Waals surface area contributed by atoms with E-state index in [1.54, 1.807) is 4.90 Å². The van der Waals surface area contributed by atoms with Gasteiger partial charge in [-0.1, -0.05) is 17.7 Å². The topological polar surface area (TPSA) is 78.9 Å². The number of amides is 2. The Labute approximate surface area is 130 Å². The predicted octanol–water partition coefficient (Wildman–Crippen LogP) is 2.02. The average Bonchev–Trinajstić information content (AvgIpc) is 2.50. The summed E-state index contributed by atoms with van der Waals surface area (Å²) in [4.78, 5) is 24.0. The first-order valence-electron chi connectivity index (χ1n) is 7.52. The number of rotatable bonds is 5. The van der Waals surface area contributed by atoms with Crippen LogP contribution in [0.2, 0.25) is 0 Å². The first-order valence-corrected chi connectivity index (χ1v) is 7.52. The quantitative estimate of drug-likeness (QED) is 0.872. The Bertz CT molecular complexity index is 507. The number of urea groups is 1. The van der Waals surface area contributed by atoms with Crippen LogP contribution in [0.3, 0.4) is 0 Å². The van der Waals surface area contributed by atoms with E-state index in [1.165, 1.54) is 5.56 Å². The molecule has 0 radical (unpaired) electrons. The minimum atomic E-state index is -0.912. The molecule has 1 fully saturated rings. The lowest BCUT2D eigenvalue weighted by Crippen LogP contribution is -2.46. The van der Waals surface area contributed by atoms with Gasteiger partial charge in [-0.25, -0.2) is 4.79 Å². The van der Waals surface area contributed by atoms with Gasteiger partial charge in [-0.05, 0) is 19.1 Å². The molecule has 2 rings (SSSR count). The summed E-state index contributed by atoms with van der Waals surface area (Å²) in [6.07, 6.45) is 1.62. The van der Waals surface area contributed by atoms with Crippen molar-refractivity contribution < 1.29 is 19.4 Å². The van der Waals surface area contributed by atoms with Crippen LogP contribution in [0.15, 0.2) is 24.3 Å². The molecule has 1 aromatic carbocycles. The number of carbonyl (C=O) groups excluding carboxylic acids is 1. The number of ether oxygens (including phenoxy) is 1. The molecule has 0 atom stereocenters. The first kappa shape index (κ1) is 16.1. The summed E-state index contributed by atoms with van der Waals surface area (Å²) >= 11 is 0. The van der Waals surface area contributed by atoms with Crippen molar-refractivity contribution in [2.24, 2.45) is 0 Å². The minimum Gasteiger partial charge on any atom is -0.490 e. The third-order valence-electron chi connectivity index (χ3n) is 3.67. The fraction of sp³-hybridized carbons (Fsp3) is 0.500. The number of carboxylic acids is 1. The summed E-state index contributed by atoms with van der Waals surface area (Å²) < 4.78 is 5.91. The summed E-state index contributed by atoms with van der Waals surface area (Å²) in [5.74, 6) is -0.0551. The van der Waals surface area contributed by atoms with Crippen LogP contribution in [-0.4, -0.2) is 47.7 Å². The zero-order valence-corrected chi connectivity index (χ0v) is 12.7. The largest absolute Gasteiger partial charge is 0.490 e. The highest BCUT2D eigenvalue weighted by Gasteiger charge is 2.23. The van der Waals surface area contributed by atoms with Crippen molar-refractivity contribution in [2.75, 3.05) is 19.6 Å². The molecule has 1 aliphatic heterocycles. The maximum atomic E-state index is 11.9. The zero-order chi connectivity index (χ0) is 15.9. The first-order chi connectivity index (χ1) is 10.5. The number of aryl methyl sites for hydroxylation is 1. The summed E-state index contributed by atoms with van der Waals surface area (Å²) in [5.41, 5.74) is 1.19. The van der Waals surface area contributed by atoms with Crippen molar-refractivity contribution in [2.45, 2.75) is 32.3 Å². The maximum Gasteiger partial charge on any atom is 0.317 e. The van der Waals surface area contributed by atoms with E-state index in [0.717, 1.165) is 18.6 Å². The Morgan fingerprint density at radius 2 is 1.91 bits per heavy atom. The summed E-state index contributed by atoms with van der Waals surface area (Å²) in [6.45, 7) is 3.43. The van der Waals surface area contributed by atoms with Gasteiger partial charge in [0.15, 0.2) is 0 Å². The second-order valence-corrected chi connectivity index (χ2v) is 5.49. The van der Waals surface area contributed by atoms with Crippen LogP contribution in [0, 0.1) is 6.92 Å². The van der Waals surface area contributed by atoms with Gasteiger partial charge >= 0.3 is 12.0 Å². The van der Waals surface area contributed by atoms with Gasteiger partial charge in [0.25, 0.3) is 0 Å². The number of nitrogens with zero attached hydrogens (tertiary/aromatic N) is 1. The van der Waals surface area contributed by atoms with Crippen LogP contribution in [0.4, 0.5) is 4.79 Å². The van der Waals surface area contributed by atoms with Gasteiger partial charge in [0.2, 0.25) is 0 Å². The molecule has 1 aromatic rings. The molecule has 1 saturated heterocycles. The molecule has 1 aliphatic rings. The maximum absolute atomic E-state index is 11.9. The van der Waals surface area contributed by atoms with Gasteiger partial charge < -0.3 is 20.1 Å². The van der Waals surface area contributed by atoms with Crippen LogP contribution in [0.1, 0.15) is 24.8 Å². The monoisotopic (exact) mass is 306 g/mol. The van der Waals surface area contributed by atoms with Crippen LogP contribution in [0.5, 0.6) is 5.75 Å². The van der Waals surface area contributed by atoms with Crippen molar-refractivity contribution >= 4 is 12.0 Å². The molecule has 0 bridgehead atoms. The van der Waals surface area contributed by atoms with E-state index in [4.69, 9.17) is 9.84 Å². The smallest absolute Gasteiger partial charge is 0.317 e. The predicted molar refractivity (Wildman–Crippen MR) is 82.1 cm³/mol. The van der Waals surface area contributed by atoms with Gasteiger partial charge in [-0.15, -0.1) is 0 Å². The lowest BCUT2D eigenvalue weighted by molar-refractivity contribution is -0.136. The molecular weight excluding hydrogens is 284 g/mol. The van der Waals surface area contributed by atoms with Crippen molar-refractivity contribution in [1.82, 2.24) is 10.2 Å². The van der Waals surface area contributed by atoms with E-state index in [1.807, 2.05) is 31.2 Å². The number of carboxylic acid groups (broad SMARTS) is 1. The van der Waals surface area contributed by atoms with Gasteiger partial charge in [0.1, 0.15) is 11.9 Å².